The molecule has 6 nitrogen and oxygen atoms in total. The fourth-order valence-electron chi connectivity index (χ4n) is 1.80. The van der Waals surface area contributed by atoms with Crippen molar-refractivity contribution in [3.05, 3.63) is 47.5 Å². The second-order valence-electron chi connectivity index (χ2n) is 4.35. The molecule has 2 rings (SSSR count). The molecular weight excluding hydrogens is 242 g/mol. The van der Waals surface area contributed by atoms with Gasteiger partial charge in [0.2, 0.25) is 5.91 Å². The lowest BCUT2D eigenvalue weighted by Crippen LogP contribution is -2.18. The molecule has 0 saturated heterocycles. The van der Waals surface area contributed by atoms with Gasteiger partial charge in [0.1, 0.15) is 12.2 Å². The van der Waals surface area contributed by atoms with E-state index in [0.29, 0.717) is 12.1 Å². The fraction of sp³-hybridized carbons (Fsp3) is 0.308. The highest BCUT2D eigenvalue weighted by atomic mass is 16.1. The molecule has 0 aliphatic carbocycles. The normalized spacial score (nSPS) is 10.6. The summed E-state index contributed by atoms with van der Waals surface area (Å²) >= 11 is 0. The largest absolute Gasteiger partial charge is 0.366 e. The molecule has 1 aromatic heterocycles. The van der Waals surface area contributed by atoms with Crippen LogP contribution < -0.4 is 11.1 Å². The molecule has 1 amide bonds. The molecule has 6 heteroatoms. The highest BCUT2D eigenvalue weighted by Gasteiger charge is 2.02. The number of rotatable bonds is 6. The number of nitrogens with zero attached hydrogens (tertiary/aromatic N) is 3. The Hall–Kier alpha value is -2.21. The molecular formula is C13H17N5O. The van der Waals surface area contributed by atoms with Gasteiger partial charge in [-0.15, -0.1) is 10.2 Å². The maximum atomic E-state index is 11.1. The molecule has 0 unspecified atom stereocenters. The molecule has 1 aromatic carbocycles. The number of aromatic nitrogens is 3. The predicted molar refractivity (Wildman–Crippen MR) is 71.4 cm³/mol. The summed E-state index contributed by atoms with van der Waals surface area (Å²) in [6, 6.07) is 7.31. The third kappa shape index (κ3) is 3.62. The average Bonchev–Trinajstić information content (AvgIpc) is 2.81. The predicted octanol–water partition coefficient (Wildman–Crippen LogP) is 0.246. The van der Waals surface area contributed by atoms with E-state index in [0.717, 1.165) is 24.4 Å². The first-order valence-corrected chi connectivity index (χ1v) is 6.09. The Morgan fingerprint density at radius 3 is 3.00 bits per heavy atom. The number of nitrogens with two attached hydrogens (primary N) is 1. The number of carbonyl (C=O) groups excluding carboxylic acids is 1. The lowest BCUT2D eigenvalue weighted by molar-refractivity contribution is 0.1000. The van der Waals surface area contributed by atoms with E-state index in [1.807, 2.05) is 23.7 Å². The van der Waals surface area contributed by atoms with E-state index in [4.69, 9.17) is 5.73 Å². The number of hydrogen-bond donors (Lipinski definition) is 2. The molecule has 1 heterocycles. The summed E-state index contributed by atoms with van der Waals surface area (Å²) in [5.74, 6) is 0.541. The first-order valence-electron chi connectivity index (χ1n) is 6.09. The zero-order valence-electron chi connectivity index (χ0n) is 10.8. The molecule has 19 heavy (non-hydrogen) atoms. The minimum Gasteiger partial charge on any atom is -0.366 e. The molecule has 0 saturated carbocycles. The fourth-order valence-corrected chi connectivity index (χ4v) is 1.80. The van der Waals surface area contributed by atoms with Crippen LogP contribution >= 0.6 is 0 Å². The first kappa shape index (κ1) is 13.2. The Labute approximate surface area is 111 Å². The summed E-state index contributed by atoms with van der Waals surface area (Å²) < 4.78 is 1.90. The summed E-state index contributed by atoms with van der Waals surface area (Å²) in [4.78, 5) is 11.1. The number of aryl methyl sites for hydroxylation is 1. The van der Waals surface area contributed by atoms with E-state index in [1.165, 1.54) is 0 Å². The van der Waals surface area contributed by atoms with Crippen LogP contribution in [-0.4, -0.2) is 27.2 Å². The van der Waals surface area contributed by atoms with Gasteiger partial charge in [0, 0.05) is 32.1 Å². The van der Waals surface area contributed by atoms with Gasteiger partial charge in [-0.2, -0.15) is 0 Å². The number of hydrogen-bond acceptors (Lipinski definition) is 4. The van der Waals surface area contributed by atoms with Crippen LogP contribution in [-0.2, 0) is 20.0 Å². The van der Waals surface area contributed by atoms with Crippen LogP contribution in [0.25, 0.3) is 0 Å². The van der Waals surface area contributed by atoms with Crippen molar-refractivity contribution in [1.29, 1.82) is 0 Å². The average molecular weight is 259 g/mol. The van der Waals surface area contributed by atoms with E-state index >= 15 is 0 Å². The van der Waals surface area contributed by atoms with Gasteiger partial charge in [-0.05, 0) is 17.7 Å². The maximum absolute atomic E-state index is 11.1. The minimum atomic E-state index is -0.402. The van der Waals surface area contributed by atoms with E-state index in [1.54, 1.807) is 18.5 Å². The molecule has 2 aromatic rings. The Morgan fingerprint density at radius 2 is 2.32 bits per heavy atom. The summed E-state index contributed by atoms with van der Waals surface area (Å²) in [6.45, 7) is 1.49. The summed E-state index contributed by atoms with van der Waals surface area (Å²) in [5.41, 5.74) is 6.81. The molecule has 0 radical (unpaired) electrons. The van der Waals surface area contributed by atoms with Gasteiger partial charge in [-0.3, -0.25) is 4.79 Å². The van der Waals surface area contributed by atoms with Crippen molar-refractivity contribution < 1.29 is 4.79 Å². The number of carbonyl (C=O) groups is 1. The van der Waals surface area contributed by atoms with Crippen LogP contribution in [0.1, 0.15) is 21.7 Å². The van der Waals surface area contributed by atoms with Crippen LogP contribution in [0.3, 0.4) is 0 Å². The number of nitrogens with one attached hydrogen (secondary N) is 1. The number of amides is 1. The summed E-state index contributed by atoms with van der Waals surface area (Å²) in [7, 11) is 1.92. The molecule has 100 valence electrons. The standard InChI is InChI=1S/C13H17N5O/c1-18-9-16-17-12(18)5-6-15-8-10-3-2-4-11(7-10)13(14)19/h2-4,7,9,15H,5-6,8H2,1H3,(H2,14,19). The molecule has 0 bridgehead atoms. The van der Waals surface area contributed by atoms with Crippen LogP contribution in [0.2, 0.25) is 0 Å². The molecule has 0 fully saturated rings. The first-order chi connectivity index (χ1) is 9.16. The van der Waals surface area contributed by atoms with Crippen LogP contribution in [0.15, 0.2) is 30.6 Å². The highest BCUT2D eigenvalue weighted by Crippen LogP contribution is 2.04. The topological polar surface area (TPSA) is 85.8 Å². The van der Waals surface area contributed by atoms with Gasteiger partial charge >= 0.3 is 0 Å². The minimum absolute atomic E-state index is 0.402. The van der Waals surface area contributed by atoms with Crippen LogP contribution in [0, 0.1) is 0 Å². The van der Waals surface area contributed by atoms with Crippen molar-refractivity contribution in [1.82, 2.24) is 20.1 Å². The van der Waals surface area contributed by atoms with Crippen molar-refractivity contribution in [2.75, 3.05) is 6.54 Å². The number of primary amides is 1. The Morgan fingerprint density at radius 1 is 1.47 bits per heavy atom. The smallest absolute Gasteiger partial charge is 0.248 e. The van der Waals surface area contributed by atoms with Gasteiger partial charge in [-0.1, -0.05) is 12.1 Å². The van der Waals surface area contributed by atoms with E-state index < -0.39 is 5.91 Å². The van der Waals surface area contributed by atoms with Crippen molar-refractivity contribution in [2.45, 2.75) is 13.0 Å². The summed E-state index contributed by atoms with van der Waals surface area (Å²) in [5, 5.41) is 11.1. The molecule has 0 atom stereocenters. The van der Waals surface area contributed by atoms with Crippen molar-refractivity contribution in [2.24, 2.45) is 12.8 Å². The zero-order chi connectivity index (χ0) is 13.7. The third-order valence-electron chi connectivity index (χ3n) is 2.87. The SMILES string of the molecule is Cn1cnnc1CCNCc1cccc(C(N)=O)c1. The lowest BCUT2D eigenvalue weighted by Gasteiger charge is -2.05. The van der Waals surface area contributed by atoms with Gasteiger partial charge < -0.3 is 15.6 Å². The Kier molecular flexibility index (Phi) is 4.25. The van der Waals surface area contributed by atoms with Gasteiger partial charge in [-0.25, -0.2) is 0 Å². The van der Waals surface area contributed by atoms with Gasteiger partial charge in [0.15, 0.2) is 0 Å². The highest BCUT2D eigenvalue weighted by molar-refractivity contribution is 5.92. The molecule has 0 aliphatic heterocycles. The van der Waals surface area contributed by atoms with E-state index in [9.17, 15) is 4.79 Å². The molecule has 3 N–H and O–H groups in total. The van der Waals surface area contributed by atoms with Crippen molar-refractivity contribution in [3.8, 4) is 0 Å². The maximum Gasteiger partial charge on any atom is 0.248 e. The quantitative estimate of drug-likeness (QED) is 0.728. The van der Waals surface area contributed by atoms with Crippen molar-refractivity contribution >= 4 is 5.91 Å². The lowest BCUT2D eigenvalue weighted by atomic mass is 10.1. The monoisotopic (exact) mass is 259 g/mol. The van der Waals surface area contributed by atoms with E-state index in [2.05, 4.69) is 15.5 Å². The van der Waals surface area contributed by atoms with Gasteiger partial charge in [0.05, 0.1) is 0 Å². The number of benzene rings is 1. The zero-order valence-corrected chi connectivity index (χ0v) is 10.8. The second-order valence-corrected chi connectivity index (χ2v) is 4.35. The second kappa shape index (κ2) is 6.10. The Bertz CT molecular complexity index is 564. The van der Waals surface area contributed by atoms with Crippen LogP contribution in [0.4, 0.5) is 0 Å². The van der Waals surface area contributed by atoms with Gasteiger partial charge in [0.25, 0.3) is 0 Å². The third-order valence-corrected chi connectivity index (χ3v) is 2.87. The molecule has 0 aliphatic rings. The van der Waals surface area contributed by atoms with E-state index in [-0.39, 0.29) is 0 Å². The Balaban J connectivity index is 1.81. The molecule has 0 spiro atoms. The van der Waals surface area contributed by atoms with Crippen molar-refractivity contribution in [3.63, 3.8) is 0 Å². The van der Waals surface area contributed by atoms with Crippen LogP contribution in [0.5, 0.6) is 0 Å². The summed E-state index contributed by atoms with van der Waals surface area (Å²) in [6.07, 6.45) is 2.50.